The van der Waals surface area contributed by atoms with E-state index in [1.165, 1.54) is 12.1 Å². The quantitative estimate of drug-likeness (QED) is 0.344. The summed E-state index contributed by atoms with van der Waals surface area (Å²) in [5, 5.41) is 20.8. The minimum atomic E-state index is -1.69. The molecule has 1 aliphatic carbocycles. The number of benzene rings is 2. The summed E-state index contributed by atoms with van der Waals surface area (Å²) >= 11 is 0. The van der Waals surface area contributed by atoms with Crippen molar-refractivity contribution in [2.75, 3.05) is 6.54 Å². The average molecular weight is 580 g/mol. The maximum atomic E-state index is 14.3. The number of hydrogen-bond donors (Lipinski definition) is 3. The van der Waals surface area contributed by atoms with Gasteiger partial charge in [0.05, 0.1) is 12.6 Å². The second-order valence-corrected chi connectivity index (χ2v) is 12.8. The normalized spacial score (nSPS) is 22.1. The van der Waals surface area contributed by atoms with E-state index < -0.39 is 36.0 Å². The Morgan fingerprint density at radius 3 is 2.38 bits per heavy atom. The Balaban J connectivity index is 1.70. The molecule has 2 aliphatic rings. The van der Waals surface area contributed by atoms with Gasteiger partial charge in [-0.1, -0.05) is 58.4 Å². The van der Waals surface area contributed by atoms with E-state index in [4.69, 9.17) is 10.1 Å². The Bertz CT molecular complexity index is 1330. The highest BCUT2D eigenvalue weighted by atomic mass is 19.1. The molecule has 2 amide bonds. The molecule has 4 rings (SSSR count). The van der Waals surface area contributed by atoms with Crippen molar-refractivity contribution in [3.05, 3.63) is 71.0 Å². The Hall–Kier alpha value is -3.59. The third-order valence-electron chi connectivity index (χ3n) is 8.55. The number of nitrogens with zero attached hydrogens (tertiary/aromatic N) is 2. The first-order valence-electron chi connectivity index (χ1n) is 14.8. The second-order valence-electron chi connectivity index (χ2n) is 12.8. The molecular weight excluding hydrogens is 537 g/mol. The number of carboxylic acids is 1. The van der Waals surface area contributed by atoms with Crippen molar-refractivity contribution in [2.24, 2.45) is 16.3 Å². The van der Waals surface area contributed by atoms with Crippen LogP contribution in [0.15, 0.2) is 53.5 Å². The highest BCUT2D eigenvalue weighted by Gasteiger charge is 2.51. The van der Waals surface area contributed by atoms with Gasteiger partial charge < -0.3 is 20.4 Å². The van der Waals surface area contributed by atoms with Crippen molar-refractivity contribution in [1.82, 2.24) is 10.2 Å². The Kier molecular flexibility index (Phi) is 9.50. The van der Waals surface area contributed by atoms with Crippen LogP contribution in [0.3, 0.4) is 0 Å². The number of amides is 2. The van der Waals surface area contributed by atoms with Gasteiger partial charge in [-0.05, 0) is 79.7 Å². The summed E-state index contributed by atoms with van der Waals surface area (Å²) in [5.74, 6) is -1.97. The molecule has 9 heteroatoms. The molecule has 1 heterocycles. The molecule has 8 nitrogen and oxygen atoms in total. The van der Waals surface area contributed by atoms with Gasteiger partial charge in [0.1, 0.15) is 17.2 Å². The molecule has 1 saturated carbocycles. The number of hydrogen-bond acceptors (Lipinski definition) is 5. The first kappa shape index (κ1) is 31.3. The maximum Gasteiger partial charge on any atom is 0.334 e. The van der Waals surface area contributed by atoms with Crippen LogP contribution in [-0.2, 0) is 9.59 Å². The molecule has 2 aromatic carbocycles. The smallest absolute Gasteiger partial charge is 0.334 e. The van der Waals surface area contributed by atoms with Crippen molar-refractivity contribution in [3.63, 3.8) is 0 Å². The van der Waals surface area contributed by atoms with Gasteiger partial charge in [-0.15, -0.1) is 0 Å². The fourth-order valence-electron chi connectivity index (χ4n) is 6.02. The van der Waals surface area contributed by atoms with Crippen molar-refractivity contribution < 1.29 is 29.0 Å². The van der Waals surface area contributed by atoms with Crippen LogP contribution in [0.2, 0.25) is 0 Å². The largest absolute Gasteiger partial charge is 0.479 e. The summed E-state index contributed by atoms with van der Waals surface area (Å²) in [7, 11) is 0. The fourth-order valence-corrected chi connectivity index (χ4v) is 6.02. The molecule has 0 radical (unpaired) electrons. The molecule has 1 aliphatic heterocycles. The zero-order valence-corrected chi connectivity index (χ0v) is 24.9. The molecule has 2 aromatic rings. The predicted molar refractivity (Wildman–Crippen MR) is 159 cm³/mol. The molecule has 0 unspecified atom stereocenters. The minimum absolute atomic E-state index is 0.00506. The lowest BCUT2D eigenvalue weighted by Crippen LogP contribution is -2.51. The summed E-state index contributed by atoms with van der Waals surface area (Å²) in [6.07, 6.45) is 4.26. The van der Waals surface area contributed by atoms with Gasteiger partial charge in [-0.3, -0.25) is 14.6 Å². The lowest BCUT2D eigenvalue weighted by atomic mass is 9.78. The van der Waals surface area contributed by atoms with E-state index in [-0.39, 0.29) is 23.1 Å². The molecule has 3 N–H and O–H groups in total. The molecule has 1 fully saturated rings. The second kappa shape index (κ2) is 12.7. The van der Waals surface area contributed by atoms with Crippen LogP contribution in [-0.4, -0.2) is 56.9 Å². The van der Waals surface area contributed by atoms with E-state index in [0.29, 0.717) is 23.5 Å². The van der Waals surface area contributed by atoms with Gasteiger partial charge in [0.15, 0.2) is 6.10 Å². The zero-order chi connectivity index (χ0) is 30.7. The zero-order valence-electron chi connectivity index (χ0n) is 24.9. The predicted octanol–water partition coefficient (Wildman–Crippen LogP) is 5.50. The lowest BCUT2D eigenvalue weighted by Gasteiger charge is -2.45. The summed E-state index contributed by atoms with van der Waals surface area (Å²) in [6, 6.07) is 12.7. The minimum Gasteiger partial charge on any atom is -0.479 e. The van der Waals surface area contributed by atoms with Crippen LogP contribution in [0.25, 0.3) is 0 Å². The number of aliphatic imine (C=N–C) groups is 1. The van der Waals surface area contributed by atoms with Crippen molar-refractivity contribution in [2.45, 2.75) is 90.4 Å². The standard InChI is InChI=1S/C33H42FN3O5/c1-5-21-13-17-33(18-14-21)36-28(24-7-6-8-25(34)19-24)30(40)37(33)26(15-16-32(2,3)4)22-9-11-23(12-10-22)29(39)35-20-27(38)31(41)42/h6-12,19,21,26-27,38H,5,13-18,20H2,1-4H3,(H,35,39)(H,41,42)/t21?,26-,27-,33?/m1/s1. The number of aliphatic hydroxyl groups is 1. The molecule has 226 valence electrons. The number of carbonyl (C=O) groups is 3. The molecule has 42 heavy (non-hydrogen) atoms. The first-order chi connectivity index (χ1) is 19.8. The summed E-state index contributed by atoms with van der Waals surface area (Å²) in [4.78, 5) is 44.8. The molecule has 0 saturated heterocycles. The van der Waals surface area contributed by atoms with E-state index in [9.17, 15) is 23.9 Å². The van der Waals surface area contributed by atoms with Gasteiger partial charge in [0.2, 0.25) is 0 Å². The number of aliphatic carboxylic acids is 1. The highest BCUT2D eigenvalue weighted by molar-refractivity contribution is 6.46. The molecule has 0 aromatic heterocycles. The van der Waals surface area contributed by atoms with Crippen LogP contribution in [0.4, 0.5) is 4.39 Å². The SMILES string of the molecule is CCC1CCC2(CC1)N=C(c1cccc(F)c1)C(=O)N2[C@H](CCC(C)(C)C)c1ccc(C(=O)NC[C@@H](O)C(=O)O)cc1. The van der Waals surface area contributed by atoms with E-state index in [0.717, 1.165) is 44.1 Å². The van der Waals surface area contributed by atoms with Crippen molar-refractivity contribution >= 4 is 23.5 Å². The maximum absolute atomic E-state index is 14.3. The summed E-state index contributed by atoms with van der Waals surface area (Å²) in [6.45, 7) is 8.25. The Morgan fingerprint density at radius 2 is 1.81 bits per heavy atom. The lowest BCUT2D eigenvalue weighted by molar-refractivity contribution is -0.146. The number of rotatable bonds is 10. The molecular formula is C33H42FN3O5. The Labute approximate surface area is 247 Å². The van der Waals surface area contributed by atoms with Gasteiger partial charge in [-0.25, -0.2) is 9.18 Å². The van der Waals surface area contributed by atoms with Crippen LogP contribution in [0.5, 0.6) is 0 Å². The van der Waals surface area contributed by atoms with Crippen LogP contribution >= 0.6 is 0 Å². The molecule has 2 atom stereocenters. The van der Waals surface area contributed by atoms with Crippen LogP contribution < -0.4 is 5.32 Å². The fraction of sp³-hybridized carbons (Fsp3) is 0.515. The summed E-state index contributed by atoms with van der Waals surface area (Å²) < 4.78 is 14.2. The van der Waals surface area contributed by atoms with Gasteiger partial charge in [-0.2, -0.15) is 0 Å². The third-order valence-corrected chi connectivity index (χ3v) is 8.55. The van der Waals surface area contributed by atoms with Crippen LogP contribution in [0.1, 0.15) is 100 Å². The number of nitrogens with one attached hydrogen (secondary N) is 1. The van der Waals surface area contributed by atoms with Crippen molar-refractivity contribution in [3.8, 4) is 0 Å². The van der Waals surface area contributed by atoms with E-state index >= 15 is 0 Å². The summed E-state index contributed by atoms with van der Waals surface area (Å²) in [5.41, 5.74) is 1.22. The van der Waals surface area contributed by atoms with Gasteiger partial charge in [0.25, 0.3) is 11.8 Å². The highest BCUT2D eigenvalue weighted by Crippen LogP contribution is 2.48. The number of carbonyl (C=O) groups excluding carboxylic acids is 2. The topological polar surface area (TPSA) is 119 Å². The van der Waals surface area contributed by atoms with Gasteiger partial charge >= 0.3 is 5.97 Å². The number of halogens is 1. The average Bonchev–Trinajstić information content (AvgIpc) is 3.23. The monoisotopic (exact) mass is 579 g/mol. The van der Waals surface area contributed by atoms with E-state index in [2.05, 4.69) is 33.0 Å². The van der Waals surface area contributed by atoms with Crippen LogP contribution in [0, 0.1) is 17.2 Å². The molecule has 0 bridgehead atoms. The number of carboxylic acid groups (broad SMARTS) is 1. The van der Waals surface area contributed by atoms with Crippen molar-refractivity contribution in [1.29, 1.82) is 0 Å². The Morgan fingerprint density at radius 1 is 1.14 bits per heavy atom. The van der Waals surface area contributed by atoms with E-state index in [1.54, 1.807) is 24.3 Å². The number of aliphatic hydroxyl groups excluding tert-OH is 1. The van der Waals surface area contributed by atoms with E-state index in [1.807, 2.05) is 17.0 Å². The molecule has 1 spiro atoms. The first-order valence-corrected chi connectivity index (χ1v) is 14.8. The van der Waals surface area contributed by atoms with Gasteiger partial charge in [0, 0.05) is 11.1 Å². The third kappa shape index (κ3) is 7.06.